The van der Waals surface area contributed by atoms with E-state index in [2.05, 4.69) is 5.32 Å². The molecule has 1 aromatic carbocycles. The van der Waals surface area contributed by atoms with Crippen molar-refractivity contribution in [3.63, 3.8) is 0 Å². The minimum absolute atomic E-state index is 0.0640. The van der Waals surface area contributed by atoms with E-state index in [4.69, 9.17) is 16.3 Å². The number of nitrogens with one attached hydrogen (secondary N) is 1. The number of hydrogen-bond donors (Lipinski definition) is 1. The van der Waals surface area contributed by atoms with E-state index >= 15 is 0 Å². The van der Waals surface area contributed by atoms with Gasteiger partial charge in [-0.2, -0.15) is 0 Å². The fraction of sp³-hybridized carbons (Fsp3) is 0.300. The number of rotatable bonds is 2. The molecule has 1 aromatic rings. The van der Waals surface area contributed by atoms with Crippen LogP contribution in [-0.4, -0.2) is 18.9 Å². The zero-order valence-corrected chi connectivity index (χ0v) is 8.80. The van der Waals surface area contributed by atoms with E-state index in [9.17, 15) is 13.6 Å². The lowest BCUT2D eigenvalue weighted by Gasteiger charge is -2.19. The van der Waals surface area contributed by atoms with Gasteiger partial charge < -0.3 is 10.1 Å². The van der Waals surface area contributed by atoms with Crippen LogP contribution >= 0.6 is 11.6 Å². The summed E-state index contributed by atoms with van der Waals surface area (Å²) >= 11 is 5.52. The van der Waals surface area contributed by atoms with Crippen LogP contribution in [0.15, 0.2) is 18.2 Å². The van der Waals surface area contributed by atoms with Crippen LogP contribution in [-0.2, 0) is 4.79 Å². The summed E-state index contributed by atoms with van der Waals surface area (Å²) in [5, 5.41) is 1.14. The van der Waals surface area contributed by atoms with Crippen molar-refractivity contribution in [2.24, 2.45) is 0 Å². The summed E-state index contributed by atoms with van der Waals surface area (Å²) in [6.45, 7) is -0.0640. The number of halogens is 3. The fourth-order valence-electron chi connectivity index (χ4n) is 1.42. The van der Waals surface area contributed by atoms with Crippen LogP contribution in [0.4, 0.5) is 14.5 Å². The van der Waals surface area contributed by atoms with Crippen molar-refractivity contribution < 1.29 is 18.3 Å². The summed E-state index contributed by atoms with van der Waals surface area (Å²) < 4.78 is 29.8. The summed E-state index contributed by atoms with van der Waals surface area (Å²) in [4.78, 5) is 11.0. The van der Waals surface area contributed by atoms with Crippen LogP contribution in [0.2, 0.25) is 0 Å². The first kappa shape index (κ1) is 11.1. The van der Waals surface area contributed by atoms with Crippen LogP contribution in [0.3, 0.4) is 0 Å². The van der Waals surface area contributed by atoms with Crippen LogP contribution in [0.5, 0.6) is 5.75 Å². The first-order chi connectivity index (χ1) is 7.58. The maximum absolute atomic E-state index is 12.4. The van der Waals surface area contributed by atoms with Gasteiger partial charge in [0, 0.05) is 0 Å². The monoisotopic (exact) mass is 247 g/mol. The lowest BCUT2D eigenvalue weighted by molar-refractivity contribution is -0.118. The lowest BCUT2D eigenvalue weighted by Crippen LogP contribution is -2.25. The Labute approximate surface area is 95.3 Å². The highest BCUT2D eigenvalue weighted by Gasteiger charge is 2.22. The lowest BCUT2D eigenvalue weighted by atomic mass is 10.1. The molecule has 0 spiro atoms. The number of anilines is 1. The molecular formula is C10H8ClF2NO2. The highest BCUT2D eigenvalue weighted by atomic mass is 35.5. The fourth-order valence-corrected chi connectivity index (χ4v) is 1.55. The third kappa shape index (κ3) is 2.09. The summed E-state index contributed by atoms with van der Waals surface area (Å²) in [6.07, 6.45) is -2.65. The van der Waals surface area contributed by atoms with Crippen molar-refractivity contribution in [3.8, 4) is 5.75 Å². The Morgan fingerprint density at radius 3 is 2.88 bits per heavy atom. The molecule has 0 saturated carbocycles. The molecule has 1 amide bonds. The van der Waals surface area contributed by atoms with Gasteiger partial charge in [-0.3, -0.25) is 4.79 Å². The summed E-state index contributed by atoms with van der Waals surface area (Å²) in [6, 6.07) is 4.37. The molecule has 0 saturated heterocycles. The third-order valence-corrected chi connectivity index (χ3v) is 2.62. The molecule has 1 atom stereocenters. The molecule has 86 valence electrons. The second-order valence-corrected chi connectivity index (χ2v) is 3.80. The predicted octanol–water partition coefficient (Wildman–Crippen LogP) is 2.56. The van der Waals surface area contributed by atoms with Crippen molar-refractivity contribution in [1.29, 1.82) is 0 Å². The largest absolute Gasteiger partial charge is 0.482 e. The Hall–Kier alpha value is -1.36. The van der Waals surface area contributed by atoms with Crippen molar-refractivity contribution in [2.45, 2.75) is 11.8 Å². The maximum Gasteiger partial charge on any atom is 0.262 e. The van der Waals surface area contributed by atoms with Gasteiger partial charge in [-0.1, -0.05) is 6.07 Å². The third-order valence-electron chi connectivity index (χ3n) is 2.18. The summed E-state index contributed by atoms with van der Waals surface area (Å²) in [5.41, 5.74) is 0.626. The molecule has 1 aliphatic heterocycles. The van der Waals surface area contributed by atoms with Crippen molar-refractivity contribution in [1.82, 2.24) is 0 Å². The number of hydrogen-bond acceptors (Lipinski definition) is 2. The summed E-state index contributed by atoms with van der Waals surface area (Å²) in [7, 11) is 0. The molecule has 16 heavy (non-hydrogen) atoms. The number of carbonyl (C=O) groups excluding carboxylic acids is 1. The van der Waals surface area contributed by atoms with Gasteiger partial charge in [-0.15, -0.1) is 11.6 Å². The van der Waals surface area contributed by atoms with Gasteiger partial charge in [0.15, 0.2) is 6.61 Å². The smallest absolute Gasteiger partial charge is 0.262 e. The molecule has 0 aromatic heterocycles. The predicted molar refractivity (Wildman–Crippen MR) is 55.2 cm³/mol. The maximum atomic E-state index is 12.4. The Morgan fingerprint density at radius 2 is 2.19 bits per heavy atom. The molecule has 2 rings (SSSR count). The molecule has 6 heteroatoms. The first-order valence-electron chi connectivity index (χ1n) is 4.57. The van der Waals surface area contributed by atoms with E-state index in [1.165, 1.54) is 18.2 Å². The number of alkyl halides is 3. The molecule has 1 heterocycles. The minimum Gasteiger partial charge on any atom is -0.482 e. The molecule has 0 fully saturated rings. The Balaban J connectivity index is 2.31. The molecule has 0 aliphatic carbocycles. The van der Waals surface area contributed by atoms with E-state index in [0.717, 1.165) is 0 Å². The zero-order valence-electron chi connectivity index (χ0n) is 8.04. The first-order valence-corrected chi connectivity index (χ1v) is 5.00. The molecule has 0 bridgehead atoms. The van der Waals surface area contributed by atoms with E-state index in [-0.39, 0.29) is 18.1 Å². The number of benzene rings is 1. The normalized spacial score (nSPS) is 16.4. The quantitative estimate of drug-likeness (QED) is 0.816. The second kappa shape index (κ2) is 4.25. The molecule has 1 aliphatic rings. The van der Waals surface area contributed by atoms with Gasteiger partial charge in [0.2, 0.25) is 0 Å². The van der Waals surface area contributed by atoms with Crippen LogP contribution in [0.25, 0.3) is 0 Å². The average molecular weight is 248 g/mol. The average Bonchev–Trinajstić information content (AvgIpc) is 2.26. The highest BCUT2D eigenvalue weighted by Crippen LogP contribution is 2.34. The van der Waals surface area contributed by atoms with E-state index in [0.29, 0.717) is 11.4 Å². The van der Waals surface area contributed by atoms with Gasteiger partial charge in [0.25, 0.3) is 12.3 Å². The number of amides is 1. The van der Waals surface area contributed by atoms with E-state index < -0.39 is 11.8 Å². The zero-order chi connectivity index (χ0) is 11.7. The Kier molecular flexibility index (Phi) is 2.96. The topological polar surface area (TPSA) is 38.3 Å². The van der Waals surface area contributed by atoms with Gasteiger partial charge in [0.05, 0.1) is 5.69 Å². The van der Waals surface area contributed by atoms with Gasteiger partial charge >= 0.3 is 0 Å². The van der Waals surface area contributed by atoms with Gasteiger partial charge in [-0.05, 0) is 17.7 Å². The number of ether oxygens (including phenoxy) is 1. The van der Waals surface area contributed by atoms with Gasteiger partial charge in [-0.25, -0.2) is 8.78 Å². The second-order valence-electron chi connectivity index (χ2n) is 3.33. The number of fused-ring (bicyclic) bond motifs is 1. The van der Waals surface area contributed by atoms with Crippen molar-refractivity contribution in [2.75, 3.05) is 11.9 Å². The number of carbonyl (C=O) groups is 1. The van der Waals surface area contributed by atoms with Crippen LogP contribution < -0.4 is 10.1 Å². The molecular weight excluding hydrogens is 240 g/mol. The molecule has 3 nitrogen and oxygen atoms in total. The minimum atomic E-state index is -2.65. The standard InChI is InChI=1S/C10H8ClF2NO2/c11-9(10(12)13)5-1-2-7-6(3-5)14-8(15)4-16-7/h1-3,9-10H,4H2,(H,14,15). The van der Waals surface area contributed by atoms with E-state index in [1.54, 1.807) is 0 Å². The molecule has 1 N–H and O–H groups in total. The van der Waals surface area contributed by atoms with Crippen LogP contribution in [0, 0.1) is 0 Å². The summed E-state index contributed by atoms with van der Waals surface area (Å²) in [5.74, 6) is 0.148. The van der Waals surface area contributed by atoms with Crippen LogP contribution in [0.1, 0.15) is 10.9 Å². The van der Waals surface area contributed by atoms with E-state index in [1.807, 2.05) is 0 Å². The Morgan fingerprint density at radius 1 is 1.44 bits per heavy atom. The molecule has 0 radical (unpaired) electrons. The van der Waals surface area contributed by atoms with Crippen molar-refractivity contribution in [3.05, 3.63) is 23.8 Å². The van der Waals surface area contributed by atoms with Gasteiger partial charge in [0.1, 0.15) is 11.1 Å². The van der Waals surface area contributed by atoms with Crippen molar-refractivity contribution >= 4 is 23.2 Å². The Bertz CT molecular complexity index is 425. The highest BCUT2D eigenvalue weighted by molar-refractivity contribution is 6.21. The SMILES string of the molecule is O=C1COc2ccc(C(Cl)C(F)F)cc2N1. The molecule has 1 unspecified atom stereocenters.